The minimum Gasteiger partial charge on any atom is -0.467 e. The predicted octanol–water partition coefficient (Wildman–Crippen LogP) is 2.42. The first-order valence-electron chi connectivity index (χ1n) is 21.0. The largest absolute Gasteiger partial charge is 0.467 e. The Labute approximate surface area is 335 Å². The lowest BCUT2D eigenvalue weighted by atomic mass is 9.34. The van der Waals surface area contributed by atoms with Crippen LogP contribution in [0.15, 0.2) is 22.8 Å². The topological polar surface area (TPSA) is 222 Å². The second kappa shape index (κ2) is 14.9. The Kier molecular flexibility index (Phi) is 11.3. The van der Waals surface area contributed by atoms with E-state index in [1.54, 1.807) is 0 Å². The molecule has 5 aliphatic carbocycles. The van der Waals surface area contributed by atoms with E-state index in [0.717, 1.165) is 56.8 Å². The monoisotopic (exact) mass is 806 g/mol. The van der Waals surface area contributed by atoms with Gasteiger partial charge in [-0.15, -0.1) is 0 Å². The van der Waals surface area contributed by atoms with E-state index in [1.165, 1.54) is 5.57 Å². The van der Waals surface area contributed by atoms with Crippen molar-refractivity contribution in [1.29, 1.82) is 0 Å². The van der Waals surface area contributed by atoms with Crippen LogP contribution >= 0.6 is 0 Å². The first kappa shape index (κ1) is 43.1. The third-order valence-corrected chi connectivity index (χ3v) is 17.1. The van der Waals surface area contributed by atoms with Crippen molar-refractivity contribution in [2.24, 2.45) is 44.8 Å². The van der Waals surface area contributed by atoms with Crippen LogP contribution in [-0.2, 0) is 33.3 Å². The molecule has 3 saturated carbocycles. The molecule has 2 aliphatic heterocycles. The second-order valence-electron chi connectivity index (χ2n) is 19.8. The molecule has 0 amide bonds. The smallest absolute Gasteiger partial charge is 0.337 e. The number of rotatable bonds is 6. The van der Waals surface area contributed by atoms with Crippen molar-refractivity contribution >= 4 is 11.9 Å². The summed E-state index contributed by atoms with van der Waals surface area (Å²) >= 11 is 0. The first-order valence-corrected chi connectivity index (χ1v) is 21.0. The lowest BCUT2D eigenvalue weighted by Gasteiger charge is -2.70. The van der Waals surface area contributed by atoms with Crippen LogP contribution < -0.4 is 0 Å². The summed E-state index contributed by atoms with van der Waals surface area (Å²) in [6.45, 7) is 15.3. The average Bonchev–Trinajstić information content (AvgIpc) is 3.17. The maximum atomic E-state index is 14.6. The van der Waals surface area contributed by atoms with Gasteiger partial charge in [-0.2, -0.15) is 0 Å². The van der Waals surface area contributed by atoms with Crippen molar-refractivity contribution in [2.75, 3.05) is 13.7 Å². The van der Waals surface area contributed by atoms with Crippen LogP contribution in [0.1, 0.15) is 106 Å². The Morgan fingerprint density at radius 1 is 0.789 bits per heavy atom. The van der Waals surface area contributed by atoms with Gasteiger partial charge in [0.2, 0.25) is 6.29 Å². The van der Waals surface area contributed by atoms with Gasteiger partial charge in [-0.25, -0.2) is 4.79 Å². The molecule has 7 N–H and O–H groups in total. The Balaban J connectivity index is 1.17. The quantitative estimate of drug-likeness (QED) is 0.151. The number of carbonyl (C=O) groups excluding carboxylic acids is 2. The number of aliphatic hydroxyl groups is 7. The lowest BCUT2D eigenvalue weighted by molar-refractivity contribution is -0.324. The third kappa shape index (κ3) is 6.24. The van der Waals surface area contributed by atoms with Crippen LogP contribution in [0.25, 0.3) is 0 Å². The van der Waals surface area contributed by atoms with Gasteiger partial charge in [0.1, 0.15) is 42.7 Å². The standard InChI is InChI=1S/C43H66O14/c1-20-11-16-43(38(52)57-36-32(49)29(46)28(45)23(19-44)54-36)18-17-41(6)22(27(43)21(20)2)9-10-25-40(5)14-13-26(39(3,4)24(40)12-15-42(25,41)7)55-37-33(50)30(47)31(48)34(56-37)35(51)53-8/h9,20,23-26,28-34,36-37,44-50H,10-19H2,1-8H3/t20-,23-,24+,25-,26+,28-,29+,30+,31+,32-,33-,34+,36+,37-,40+,41-,42-,43+/m1/s1. The van der Waals surface area contributed by atoms with Crippen LogP contribution in [-0.4, -0.2) is 129 Å². The molecule has 14 heteroatoms. The number of esters is 2. The molecule has 18 atom stereocenters. The zero-order valence-electron chi connectivity index (χ0n) is 34.7. The van der Waals surface area contributed by atoms with E-state index in [1.807, 2.05) is 0 Å². The number of carbonyl (C=O) groups is 2. The molecule has 0 aromatic heterocycles. The Morgan fingerprint density at radius 2 is 1.46 bits per heavy atom. The molecule has 57 heavy (non-hydrogen) atoms. The number of aliphatic hydroxyl groups excluding tert-OH is 7. The highest BCUT2D eigenvalue weighted by Gasteiger charge is 2.69. The molecule has 2 saturated heterocycles. The van der Waals surface area contributed by atoms with E-state index < -0.39 is 90.8 Å². The fourth-order valence-electron chi connectivity index (χ4n) is 13.3. The molecule has 0 aromatic rings. The van der Waals surface area contributed by atoms with Gasteiger partial charge >= 0.3 is 11.9 Å². The molecular weight excluding hydrogens is 740 g/mol. The molecule has 0 unspecified atom stereocenters. The molecule has 0 spiro atoms. The highest BCUT2D eigenvalue weighted by atomic mass is 16.7. The fraction of sp³-hybridized carbons (Fsp3) is 0.860. The van der Waals surface area contributed by atoms with Gasteiger partial charge in [0.25, 0.3) is 0 Å². The van der Waals surface area contributed by atoms with Crippen molar-refractivity contribution in [3.05, 3.63) is 22.8 Å². The second-order valence-corrected chi connectivity index (χ2v) is 19.8. The summed E-state index contributed by atoms with van der Waals surface area (Å²) in [4.78, 5) is 27.0. The Bertz CT molecular complexity index is 1640. The summed E-state index contributed by atoms with van der Waals surface area (Å²) < 4.78 is 28.6. The summed E-state index contributed by atoms with van der Waals surface area (Å²) in [6, 6.07) is 0. The normalized spacial score (nSPS) is 50.7. The third-order valence-electron chi connectivity index (χ3n) is 17.1. The predicted molar refractivity (Wildman–Crippen MR) is 202 cm³/mol. The van der Waals surface area contributed by atoms with Gasteiger partial charge in [-0.05, 0) is 115 Å². The van der Waals surface area contributed by atoms with E-state index in [4.69, 9.17) is 23.7 Å². The lowest BCUT2D eigenvalue weighted by Crippen LogP contribution is -2.65. The molecule has 14 nitrogen and oxygen atoms in total. The van der Waals surface area contributed by atoms with Crippen LogP contribution in [0, 0.1) is 44.8 Å². The fourth-order valence-corrected chi connectivity index (χ4v) is 13.3. The maximum Gasteiger partial charge on any atom is 0.337 e. The Hall–Kier alpha value is -1.98. The van der Waals surface area contributed by atoms with E-state index in [2.05, 4.69) is 54.5 Å². The zero-order chi connectivity index (χ0) is 41.8. The molecule has 0 aromatic carbocycles. The van der Waals surface area contributed by atoms with Crippen molar-refractivity contribution in [3.63, 3.8) is 0 Å². The maximum absolute atomic E-state index is 14.6. The van der Waals surface area contributed by atoms with Gasteiger partial charge in [0, 0.05) is 0 Å². The van der Waals surface area contributed by atoms with Crippen LogP contribution in [0.3, 0.4) is 0 Å². The molecule has 7 aliphatic rings. The SMILES string of the molecule is COC(=O)[C@H]1O[C@@H](O[C@H]2CC[C@]3(C)[C@H]4CC=C5C6=C(C)[C@H](C)CC[C@]6(C(=O)O[C@@H]6O[C@H](CO)[C@@H](O)[C@H](O)[C@H]6O)CC[C@@]5(C)[C@]4(C)CC[C@H]3C2(C)C)[C@H](O)[C@@H](O)[C@@H]1O. The number of fused-ring (bicyclic) bond motifs is 7. The highest BCUT2D eigenvalue weighted by Crippen LogP contribution is 2.75. The number of ether oxygens (including phenoxy) is 5. The summed E-state index contributed by atoms with van der Waals surface area (Å²) in [7, 11) is 1.16. The van der Waals surface area contributed by atoms with E-state index in [-0.39, 0.29) is 34.2 Å². The molecule has 7 rings (SSSR count). The summed E-state index contributed by atoms with van der Waals surface area (Å²) in [5.74, 6) is -0.622. The minimum atomic E-state index is -1.68. The van der Waals surface area contributed by atoms with Gasteiger partial charge in [0.05, 0.1) is 25.2 Å². The highest BCUT2D eigenvalue weighted by molar-refractivity contribution is 5.84. The van der Waals surface area contributed by atoms with Crippen molar-refractivity contribution in [3.8, 4) is 0 Å². The molecule has 0 radical (unpaired) electrons. The summed E-state index contributed by atoms with van der Waals surface area (Å²) in [5.41, 5.74) is 1.50. The average molecular weight is 807 g/mol. The molecule has 322 valence electrons. The molecular formula is C43H66O14. The minimum absolute atomic E-state index is 0.0996. The van der Waals surface area contributed by atoms with Crippen LogP contribution in [0.4, 0.5) is 0 Å². The number of hydrogen-bond donors (Lipinski definition) is 7. The summed E-state index contributed by atoms with van der Waals surface area (Å²) in [6.07, 6.45) is -6.53. The zero-order valence-corrected chi connectivity index (χ0v) is 34.7. The van der Waals surface area contributed by atoms with Crippen molar-refractivity contribution in [2.45, 2.75) is 174 Å². The van der Waals surface area contributed by atoms with E-state index >= 15 is 0 Å². The van der Waals surface area contributed by atoms with Crippen LogP contribution in [0.2, 0.25) is 0 Å². The molecule has 5 fully saturated rings. The van der Waals surface area contributed by atoms with Gasteiger partial charge in [-0.1, -0.05) is 53.2 Å². The molecule has 0 bridgehead atoms. The van der Waals surface area contributed by atoms with Crippen LogP contribution in [0.5, 0.6) is 0 Å². The van der Waals surface area contributed by atoms with Gasteiger partial charge in [-0.3, -0.25) is 4.79 Å². The molecule has 2 heterocycles. The summed E-state index contributed by atoms with van der Waals surface area (Å²) in [5, 5.41) is 73.3. The Morgan fingerprint density at radius 3 is 2.12 bits per heavy atom. The van der Waals surface area contributed by atoms with E-state index in [0.29, 0.717) is 25.2 Å². The van der Waals surface area contributed by atoms with E-state index in [9.17, 15) is 45.3 Å². The number of methoxy groups -OCH3 is 1. The van der Waals surface area contributed by atoms with Gasteiger partial charge < -0.3 is 59.4 Å². The van der Waals surface area contributed by atoms with Crippen molar-refractivity contribution in [1.82, 2.24) is 0 Å². The number of allylic oxidation sites excluding steroid dienone is 3. The first-order chi connectivity index (χ1) is 26.6. The van der Waals surface area contributed by atoms with Crippen molar-refractivity contribution < 1.29 is 69.0 Å². The van der Waals surface area contributed by atoms with Gasteiger partial charge in [0.15, 0.2) is 12.4 Å². The number of hydrogen-bond acceptors (Lipinski definition) is 14.